The maximum Gasteiger partial charge on any atom is 0.343 e. The van der Waals surface area contributed by atoms with Gasteiger partial charge in [0.25, 0.3) is 0 Å². The van der Waals surface area contributed by atoms with Gasteiger partial charge < -0.3 is 4.74 Å². The zero-order valence-corrected chi connectivity index (χ0v) is 14.5. The largest absolute Gasteiger partial charge is 0.423 e. The van der Waals surface area contributed by atoms with Gasteiger partial charge in [-0.1, -0.05) is 6.07 Å². The quantitative estimate of drug-likeness (QED) is 0.383. The third-order valence-electron chi connectivity index (χ3n) is 4.18. The molecule has 0 aromatic heterocycles. The third kappa shape index (κ3) is 3.86. The van der Waals surface area contributed by atoms with E-state index in [1.807, 2.05) is 19.9 Å². The third-order valence-corrected chi connectivity index (χ3v) is 4.18. The molecule has 0 saturated carbocycles. The molecule has 0 radical (unpaired) electrons. The maximum atomic E-state index is 13.0. The minimum Gasteiger partial charge on any atom is -0.423 e. The number of aryl methyl sites for hydroxylation is 2. The van der Waals surface area contributed by atoms with Gasteiger partial charge in [-0.3, -0.25) is 4.79 Å². The van der Waals surface area contributed by atoms with Crippen molar-refractivity contribution in [2.24, 2.45) is 0 Å². The van der Waals surface area contributed by atoms with E-state index < -0.39 is 11.8 Å². The summed E-state index contributed by atoms with van der Waals surface area (Å²) >= 11 is 0. The maximum absolute atomic E-state index is 13.0. The van der Waals surface area contributed by atoms with E-state index in [0.717, 1.165) is 11.1 Å². The predicted molar refractivity (Wildman–Crippen MR) is 97.1 cm³/mol. The second-order valence-corrected chi connectivity index (χ2v) is 6.05. The number of ether oxygens (including phenoxy) is 1. The summed E-state index contributed by atoms with van der Waals surface area (Å²) in [5.41, 5.74) is 3.42. The van der Waals surface area contributed by atoms with Gasteiger partial charge in [0, 0.05) is 11.1 Å². The van der Waals surface area contributed by atoms with Crippen molar-refractivity contribution in [3.63, 3.8) is 0 Å². The van der Waals surface area contributed by atoms with Crippen molar-refractivity contribution < 1.29 is 18.7 Å². The molecule has 0 aliphatic heterocycles. The van der Waals surface area contributed by atoms with Crippen LogP contribution in [0.1, 0.15) is 37.4 Å². The molecule has 3 nitrogen and oxygen atoms in total. The first kappa shape index (κ1) is 17.5. The molecule has 0 fully saturated rings. The molecule has 4 heteroatoms. The van der Waals surface area contributed by atoms with Crippen LogP contribution in [-0.4, -0.2) is 11.8 Å². The van der Waals surface area contributed by atoms with Crippen LogP contribution >= 0.6 is 0 Å². The fourth-order valence-corrected chi connectivity index (χ4v) is 2.48. The SMILES string of the molecule is Cc1ccc(C(=O)Oc2ccc(C(=O)c3ccc(F)cc3)cc2)cc1C. The molecule has 3 aromatic rings. The number of halogens is 1. The van der Waals surface area contributed by atoms with Crippen molar-refractivity contribution in [1.29, 1.82) is 0 Å². The first-order valence-corrected chi connectivity index (χ1v) is 8.14. The highest BCUT2D eigenvalue weighted by atomic mass is 19.1. The normalized spacial score (nSPS) is 10.4. The van der Waals surface area contributed by atoms with Crippen LogP contribution in [0.5, 0.6) is 5.75 Å². The molecule has 0 N–H and O–H groups in total. The van der Waals surface area contributed by atoms with Gasteiger partial charge in [-0.2, -0.15) is 0 Å². The van der Waals surface area contributed by atoms with Crippen LogP contribution < -0.4 is 4.74 Å². The summed E-state index contributed by atoms with van der Waals surface area (Å²) in [7, 11) is 0. The Balaban J connectivity index is 1.73. The van der Waals surface area contributed by atoms with E-state index in [0.29, 0.717) is 22.4 Å². The molecule has 26 heavy (non-hydrogen) atoms. The fourth-order valence-electron chi connectivity index (χ4n) is 2.48. The molecule has 0 atom stereocenters. The van der Waals surface area contributed by atoms with E-state index in [-0.39, 0.29) is 5.78 Å². The van der Waals surface area contributed by atoms with E-state index >= 15 is 0 Å². The number of hydrogen-bond acceptors (Lipinski definition) is 3. The molecule has 0 saturated heterocycles. The number of carbonyl (C=O) groups excluding carboxylic acids is 2. The van der Waals surface area contributed by atoms with E-state index in [4.69, 9.17) is 4.74 Å². The van der Waals surface area contributed by atoms with Gasteiger partial charge in [-0.25, -0.2) is 9.18 Å². The van der Waals surface area contributed by atoms with Crippen molar-refractivity contribution in [3.05, 3.63) is 100 Å². The van der Waals surface area contributed by atoms with E-state index in [1.165, 1.54) is 24.3 Å². The zero-order chi connectivity index (χ0) is 18.7. The molecular weight excluding hydrogens is 331 g/mol. The van der Waals surface area contributed by atoms with Crippen molar-refractivity contribution in [2.45, 2.75) is 13.8 Å². The highest BCUT2D eigenvalue weighted by Crippen LogP contribution is 2.18. The lowest BCUT2D eigenvalue weighted by molar-refractivity contribution is 0.0734. The van der Waals surface area contributed by atoms with Crippen LogP contribution in [0.2, 0.25) is 0 Å². The van der Waals surface area contributed by atoms with Gasteiger partial charge in [0.05, 0.1) is 5.56 Å². The smallest absolute Gasteiger partial charge is 0.343 e. The number of benzene rings is 3. The van der Waals surface area contributed by atoms with Gasteiger partial charge in [-0.05, 0) is 85.6 Å². The lowest BCUT2D eigenvalue weighted by atomic mass is 10.0. The van der Waals surface area contributed by atoms with Gasteiger partial charge in [0.15, 0.2) is 5.78 Å². The van der Waals surface area contributed by atoms with Gasteiger partial charge in [-0.15, -0.1) is 0 Å². The van der Waals surface area contributed by atoms with E-state index in [9.17, 15) is 14.0 Å². The van der Waals surface area contributed by atoms with Gasteiger partial charge in [0.2, 0.25) is 0 Å². The Kier molecular flexibility index (Phi) is 4.94. The van der Waals surface area contributed by atoms with Crippen LogP contribution in [0.4, 0.5) is 4.39 Å². The van der Waals surface area contributed by atoms with E-state index in [1.54, 1.807) is 36.4 Å². The molecule has 0 unspecified atom stereocenters. The monoisotopic (exact) mass is 348 g/mol. The van der Waals surface area contributed by atoms with E-state index in [2.05, 4.69) is 0 Å². The summed E-state index contributed by atoms with van der Waals surface area (Å²) in [5.74, 6) is -0.721. The van der Waals surface area contributed by atoms with Gasteiger partial charge in [0.1, 0.15) is 11.6 Å². The van der Waals surface area contributed by atoms with Gasteiger partial charge >= 0.3 is 5.97 Å². The topological polar surface area (TPSA) is 43.4 Å². The molecule has 0 aliphatic carbocycles. The Morgan fingerprint density at radius 1 is 0.731 bits per heavy atom. The Hall–Kier alpha value is -3.27. The molecular formula is C22H17FO3. The van der Waals surface area contributed by atoms with Crippen LogP contribution in [0, 0.1) is 19.7 Å². The Bertz CT molecular complexity index is 958. The Morgan fingerprint density at radius 2 is 1.27 bits per heavy atom. The van der Waals surface area contributed by atoms with Crippen molar-refractivity contribution in [1.82, 2.24) is 0 Å². The van der Waals surface area contributed by atoms with Crippen molar-refractivity contribution in [2.75, 3.05) is 0 Å². The fraction of sp³-hybridized carbons (Fsp3) is 0.0909. The summed E-state index contributed by atoms with van der Waals surface area (Å²) in [4.78, 5) is 24.6. The first-order valence-electron chi connectivity index (χ1n) is 8.14. The number of rotatable bonds is 4. The second-order valence-electron chi connectivity index (χ2n) is 6.05. The zero-order valence-electron chi connectivity index (χ0n) is 14.5. The van der Waals surface area contributed by atoms with Crippen LogP contribution in [0.25, 0.3) is 0 Å². The lowest BCUT2D eigenvalue weighted by Gasteiger charge is -2.07. The number of ketones is 1. The highest BCUT2D eigenvalue weighted by molar-refractivity contribution is 6.09. The summed E-state index contributed by atoms with van der Waals surface area (Å²) in [5, 5.41) is 0. The first-order chi connectivity index (χ1) is 12.4. The Labute approximate surface area is 151 Å². The van der Waals surface area contributed by atoms with Crippen LogP contribution in [0.3, 0.4) is 0 Å². The minimum absolute atomic E-state index is 0.225. The average Bonchev–Trinajstić information content (AvgIpc) is 2.64. The van der Waals surface area contributed by atoms with Crippen molar-refractivity contribution in [3.8, 4) is 5.75 Å². The lowest BCUT2D eigenvalue weighted by Crippen LogP contribution is -2.09. The highest BCUT2D eigenvalue weighted by Gasteiger charge is 2.12. The summed E-state index contributed by atoms with van der Waals surface area (Å²) < 4.78 is 18.3. The van der Waals surface area contributed by atoms with Crippen molar-refractivity contribution >= 4 is 11.8 Å². The van der Waals surface area contributed by atoms with Crippen LogP contribution in [0.15, 0.2) is 66.7 Å². The predicted octanol–water partition coefficient (Wildman–Crippen LogP) is 4.89. The number of hydrogen-bond donors (Lipinski definition) is 0. The molecule has 3 aromatic carbocycles. The number of esters is 1. The molecule has 0 bridgehead atoms. The molecule has 0 aliphatic rings. The summed E-state index contributed by atoms with van der Waals surface area (Å²) in [6.07, 6.45) is 0. The standard InChI is InChI=1S/C22H17FO3/c1-14-3-4-18(13-15(14)2)22(25)26-20-11-7-17(8-12-20)21(24)16-5-9-19(23)10-6-16/h3-13H,1-2H3. The molecule has 130 valence electrons. The average molecular weight is 348 g/mol. The summed E-state index contributed by atoms with van der Waals surface area (Å²) in [6, 6.07) is 17.0. The Morgan fingerprint density at radius 3 is 1.85 bits per heavy atom. The molecule has 3 rings (SSSR count). The van der Waals surface area contributed by atoms with Crippen LogP contribution in [-0.2, 0) is 0 Å². The minimum atomic E-state index is -0.453. The molecule has 0 heterocycles. The number of carbonyl (C=O) groups is 2. The second kappa shape index (κ2) is 7.31. The molecule has 0 amide bonds. The molecule has 0 spiro atoms. The summed E-state index contributed by atoms with van der Waals surface area (Å²) in [6.45, 7) is 3.91.